The number of benzene rings is 2. The summed E-state index contributed by atoms with van der Waals surface area (Å²) in [5.41, 5.74) is 1.80. The van der Waals surface area contributed by atoms with Gasteiger partial charge in [-0.1, -0.05) is 35.3 Å². The summed E-state index contributed by atoms with van der Waals surface area (Å²) in [4.78, 5) is 13.1. The van der Waals surface area contributed by atoms with E-state index in [2.05, 4.69) is 5.32 Å². The molecule has 0 heterocycles. The molecule has 2 rings (SSSR count). The summed E-state index contributed by atoms with van der Waals surface area (Å²) in [6, 6.07) is 13.2. The summed E-state index contributed by atoms with van der Waals surface area (Å²) in [5, 5.41) is 4.15. The second-order valence-electron chi connectivity index (χ2n) is 4.51. The van der Waals surface area contributed by atoms with Crippen LogP contribution < -0.4 is 5.32 Å². The van der Waals surface area contributed by atoms with Gasteiger partial charge in [-0.3, -0.25) is 4.79 Å². The first-order valence-electron chi connectivity index (χ1n) is 6.54. The molecule has 0 aliphatic carbocycles. The molecule has 0 saturated heterocycles. The Balaban J connectivity index is 1.82. The standard InChI is InChI=1S/C16H15Cl2NOS2/c1-21-14-4-2-3-13(8-14)19-16(20)10-22-9-11-5-6-12(17)7-15(11)18/h2-8H,9-10H2,1H3,(H,19,20). The Kier molecular flexibility index (Phi) is 6.96. The molecule has 0 aliphatic rings. The third-order valence-corrected chi connectivity index (χ3v) is 5.15. The maximum Gasteiger partial charge on any atom is 0.234 e. The van der Waals surface area contributed by atoms with Gasteiger partial charge in [0.15, 0.2) is 0 Å². The van der Waals surface area contributed by atoms with Crippen LogP contribution in [0.3, 0.4) is 0 Å². The number of rotatable bonds is 6. The summed E-state index contributed by atoms with van der Waals surface area (Å²) in [7, 11) is 0. The van der Waals surface area contributed by atoms with Gasteiger partial charge in [-0.15, -0.1) is 23.5 Å². The summed E-state index contributed by atoms with van der Waals surface area (Å²) >= 11 is 15.1. The first kappa shape index (κ1) is 17.5. The number of amides is 1. The summed E-state index contributed by atoms with van der Waals surface area (Å²) in [6.45, 7) is 0. The van der Waals surface area contributed by atoms with Gasteiger partial charge >= 0.3 is 0 Å². The number of nitrogens with one attached hydrogen (secondary N) is 1. The molecule has 116 valence electrons. The Morgan fingerprint density at radius 3 is 2.73 bits per heavy atom. The zero-order chi connectivity index (χ0) is 15.9. The molecule has 1 amide bonds. The number of hydrogen-bond acceptors (Lipinski definition) is 3. The molecule has 0 radical (unpaired) electrons. The molecular formula is C16H15Cl2NOS2. The third kappa shape index (κ3) is 5.43. The SMILES string of the molecule is CSc1cccc(NC(=O)CSCc2ccc(Cl)cc2Cl)c1. The number of hydrogen-bond donors (Lipinski definition) is 1. The fourth-order valence-electron chi connectivity index (χ4n) is 1.79. The molecule has 1 N–H and O–H groups in total. The second kappa shape index (κ2) is 8.73. The molecule has 2 aromatic carbocycles. The minimum atomic E-state index is -0.0201. The molecular weight excluding hydrogens is 357 g/mol. The normalized spacial score (nSPS) is 10.5. The zero-order valence-electron chi connectivity index (χ0n) is 11.9. The van der Waals surface area contributed by atoms with Gasteiger partial charge < -0.3 is 5.32 Å². The molecule has 0 aromatic heterocycles. The quantitative estimate of drug-likeness (QED) is 0.671. The Hall–Kier alpha value is -0.810. The van der Waals surface area contributed by atoms with Crippen molar-refractivity contribution in [3.05, 3.63) is 58.1 Å². The van der Waals surface area contributed by atoms with E-state index in [1.807, 2.05) is 36.6 Å². The van der Waals surface area contributed by atoms with Gasteiger partial charge in [0.1, 0.15) is 0 Å². The van der Waals surface area contributed by atoms with E-state index in [-0.39, 0.29) is 5.91 Å². The Morgan fingerprint density at radius 2 is 2.00 bits per heavy atom. The van der Waals surface area contributed by atoms with Crippen LogP contribution in [-0.2, 0) is 10.5 Å². The van der Waals surface area contributed by atoms with E-state index >= 15 is 0 Å². The minimum Gasteiger partial charge on any atom is -0.325 e. The van der Waals surface area contributed by atoms with Gasteiger partial charge in [0, 0.05) is 26.4 Å². The molecule has 0 atom stereocenters. The predicted octanol–water partition coefficient (Wildman–Crippen LogP) is 5.59. The van der Waals surface area contributed by atoms with Crippen LogP contribution in [0.2, 0.25) is 10.0 Å². The Bertz CT molecular complexity index is 664. The van der Waals surface area contributed by atoms with E-state index < -0.39 is 0 Å². The number of thioether (sulfide) groups is 2. The van der Waals surface area contributed by atoms with Crippen LogP contribution in [0, 0.1) is 0 Å². The molecule has 0 aliphatic heterocycles. The van der Waals surface area contributed by atoms with Crippen LogP contribution in [0.25, 0.3) is 0 Å². The molecule has 2 aromatic rings. The van der Waals surface area contributed by atoms with E-state index in [4.69, 9.17) is 23.2 Å². The number of carbonyl (C=O) groups excluding carboxylic acids is 1. The number of carbonyl (C=O) groups is 1. The Labute approximate surface area is 149 Å². The summed E-state index contributed by atoms with van der Waals surface area (Å²) < 4.78 is 0. The van der Waals surface area contributed by atoms with E-state index in [9.17, 15) is 4.79 Å². The molecule has 22 heavy (non-hydrogen) atoms. The van der Waals surface area contributed by atoms with Crippen LogP contribution in [-0.4, -0.2) is 17.9 Å². The smallest absolute Gasteiger partial charge is 0.234 e. The van der Waals surface area contributed by atoms with Gasteiger partial charge in [-0.25, -0.2) is 0 Å². The van der Waals surface area contributed by atoms with Gasteiger partial charge in [-0.05, 0) is 42.2 Å². The molecule has 0 bridgehead atoms. The van der Waals surface area contributed by atoms with Crippen molar-refractivity contribution in [2.45, 2.75) is 10.6 Å². The fraction of sp³-hybridized carbons (Fsp3) is 0.188. The molecule has 0 spiro atoms. The Morgan fingerprint density at radius 1 is 1.18 bits per heavy atom. The van der Waals surface area contributed by atoms with E-state index in [1.54, 1.807) is 23.9 Å². The van der Waals surface area contributed by atoms with Gasteiger partial charge in [-0.2, -0.15) is 0 Å². The highest BCUT2D eigenvalue weighted by atomic mass is 35.5. The molecule has 0 fully saturated rings. The predicted molar refractivity (Wildman–Crippen MR) is 99.5 cm³/mol. The average molecular weight is 372 g/mol. The molecule has 0 saturated carbocycles. The van der Waals surface area contributed by atoms with Crippen molar-refractivity contribution in [2.24, 2.45) is 0 Å². The van der Waals surface area contributed by atoms with Crippen LogP contribution in [0.4, 0.5) is 5.69 Å². The second-order valence-corrected chi connectivity index (χ2v) is 7.22. The summed E-state index contributed by atoms with van der Waals surface area (Å²) in [6.07, 6.45) is 2.01. The minimum absolute atomic E-state index is 0.0201. The lowest BCUT2D eigenvalue weighted by Crippen LogP contribution is -2.14. The maximum atomic E-state index is 11.9. The highest BCUT2D eigenvalue weighted by Crippen LogP contribution is 2.25. The third-order valence-electron chi connectivity index (χ3n) is 2.86. The van der Waals surface area contributed by atoms with Crippen molar-refractivity contribution >= 4 is 58.3 Å². The molecule has 0 unspecified atom stereocenters. The zero-order valence-corrected chi connectivity index (χ0v) is 15.1. The lowest BCUT2D eigenvalue weighted by Gasteiger charge is -2.07. The first-order valence-corrected chi connectivity index (χ1v) is 9.67. The van der Waals surface area contributed by atoms with Crippen molar-refractivity contribution in [1.29, 1.82) is 0 Å². The average Bonchev–Trinajstić information content (AvgIpc) is 2.49. The van der Waals surface area contributed by atoms with Crippen molar-refractivity contribution in [2.75, 3.05) is 17.3 Å². The highest BCUT2D eigenvalue weighted by molar-refractivity contribution is 7.99. The topological polar surface area (TPSA) is 29.1 Å². The highest BCUT2D eigenvalue weighted by Gasteiger charge is 2.06. The largest absolute Gasteiger partial charge is 0.325 e. The van der Waals surface area contributed by atoms with Crippen LogP contribution in [0.15, 0.2) is 47.4 Å². The van der Waals surface area contributed by atoms with Gasteiger partial charge in [0.25, 0.3) is 0 Å². The summed E-state index contributed by atoms with van der Waals surface area (Å²) in [5.74, 6) is 1.03. The lowest BCUT2D eigenvalue weighted by molar-refractivity contribution is -0.113. The van der Waals surface area contributed by atoms with E-state index in [1.165, 1.54) is 11.8 Å². The first-order chi connectivity index (χ1) is 10.6. The number of halogens is 2. The van der Waals surface area contributed by atoms with Crippen LogP contribution in [0.1, 0.15) is 5.56 Å². The van der Waals surface area contributed by atoms with Crippen molar-refractivity contribution in [1.82, 2.24) is 0 Å². The monoisotopic (exact) mass is 371 g/mol. The van der Waals surface area contributed by atoms with Gasteiger partial charge in [0.2, 0.25) is 5.91 Å². The molecule has 6 heteroatoms. The van der Waals surface area contributed by atoms with Gasteiger partial charge in [0.05, 0.1) is 5.75 Å². The van der Waals surface area contributed by atoms with Crippen LogP contribution in [0.5, 0.6) is 0 Å². The molecule has 2 nitrogen and oxygen atoms in total. The maximum absolute atomic E-state index is 11.9. The fourth-order valence-corrected chi connectivity index (χ4v) is 3.64. The van der Waals surface area contributed by atoms with E-state index in [0.29, 0.717) is 21.6 Å². The number of anilines is 1. The van der Waals surface area contributed by atoms with Crippen molar-refractivity contribution < 1.29 is 4.79 Å². The van der Waals surface area contributed by atoms with Crippen molar-refractivity contribution in [3.63, 3.8) is 0 Å². The van der Waals surface area contributed by atoms with Crippen molar-refractivity contribution in [3.8, 4) is 0 Å². The van der Waals surface area contributed by atoms with E-state index in [0.717, 1.165) is 16.1 Å². The lowest BCUT2D eigenvalue weighted by atomic mass is 10.2. The van der Waals surface area contributed by atoms with Crippen LogP contribution >= 0.6 is 46.7 Å².